The first-order valence-electron chi connectivity index (χ1n) is 5.78. The van der Waals surface area contributed by atoms with Crippen LogP contribution in [0.1, 0.15) is 26.2 Å². The smallest absolute Gasteiger partial charge is 0.321 e. The molecule has 2 N–H and O–H groups in total. The molecule has 2 atom stereocenters. The molecule has 1 fully saturated rings. The number of nitriles is 1. The Hall–Kier alpha value is -1.61. The fourth-order valence-corrected chi connectivity index (χ4v) is 1.99. The van der Waals surface area contributed by atoms with E-state index in [1.807, 2.05) is 4.90 Å². The normalized spacial score (nSPS) is 22.3. The topological polar surface area (TPSA) is 85.2 Å². The van der Waals surface area contributed by atoms with Crippen LogP contribution in [0.15, 0.2) is 0 Å². The highest BCUT2D eigenvalue weighted by Gasteiger charge is 2.30. The quantitative estimate of drug-likeness (QED) is 0.720. The lowest BCUT2D eigenvalue weighted by atomic mass is 10.0. The van der Waals surface area contributed by atoms with E-state index in [0.717, 1.165) is 25.8 Å². The number of hydrogen-bond acceptors (Lipinski definition) is 4. The number of carbonyl (C=O) groups excluding carboxylic acids is 2. The van der Waals surface area contributed by atoms with Gasteiger partial charge in [0.2, 0.25) is 5.91 Å². The minimum absolute atomic E-state index is 0.228. The Morgan fingerprint density at radius 3 is 2.76 bits per heavy atom. The molecular formula is C11H18N4O2. The molecule has 0 aromatic heterocycles. The number of hydrogen-bond donors (Lipinski definition) is 2. The molecule has 1 aliphatic heterocycles. The second kappa shape index (κ2) is 6.21. The lowest BCUT2D eigenvalue weighted by molar-refractivity contribution is -0.125. The Bertz CT molecular complexity index is 337. The first kappa shape index (κ1) is 13.5. The van der Waals surface area contributed by atoms with Crippen LogP contribution in [0.2, 0.25) is 0 Å². The second-order valence-electron chi connectivity index (χ2n) is 4.12. The number of urea groups is 1. The van der Waals surface area contributed by atoms with Gasteiger partial charge >= 0.3 is 6.03 Å². The van der Waals surface area contributed by atoms with E-state index in [4.69, 9.17) is 5.26 Å². The summed E-state index contributed by atoms with van der Waals surface area (Å²) in [6, 6.07) is 0.993. The largest absolute Gasteiger partial charge is 0.341 e. The van der Waals surface area contributed by atoms with Crippen molar-refractivity contribution < 1.29 is 9.59 Å². The van der Waals surface area contributed by atoms with Crippen LogP contribution in [0.3, 0.4) is 0 Å². The van der Waals surface area contributed by atoms with Crippen molar-refractivity contribution in [2.45, 2.75) is 38.3 Å². The van der Waals surface area contributed by atoms with Crippen LogP contribution in [0, 0.1) is 11.3 Å². The van der Waals surface area contributed by atoms with E-state index in [-0.39, 0.29) is 11.9 Å². The first-order valence-corrected chi connectivity index (χ1v) is 5.78. The van der Waals surface area contributed by atoms with Gasteiger partial charge in [-0.3, -0.25) is 15.0 Å². The van der Waals surface area contributed by atoms with Crippen molar-refractivity contribution in [2.75, 3.05) is 13.6 Å². The van der Waals surface area contributed by atoms with Crippen molar-refractivity contribution in [3.8, 4) is 6.07 Å². The van der Waals surface area contributed by atoms with Crippen molar-refractivity contribution in [1.82, 2.24) is 15.5 Å². The molecule has 1 saturated heterocycles. The first-order chi connectivity index (χ1) is 8.10. The number of nitrogens with one attached hydrogen (secondary N) is 2. The highest BCUT2D eigenvalue weighted by Crippen LogP contribution is 2.18. The zero-order valence-electron chi connectivity index (χ0n) is 10.2. The summed E-state index contributed by atoms with van der Waals surface area (Å²) >= 11 is 0. The van der Waals surface area contributed by atoms with E-state index in [1.165, 1.54) is 7.05 Å². The van der Waals surface area contributed by atoms with Crippen molar-refractivity contribution in [3.05, 3.63) is 0 Å². The van der Waals surface area contributed by atoms with Crippen molar-refractivity contribution in [2.24, 2.45) is 0 Å². The molecule has 0 bridgehead atoms. The fraction of sp³-hybridized carbons (Fsp3) is 0.727. The van der Waals surface area contributed by atoms with Gasteiger partial charge in [0.25, 0.3) is 0 Å². The molecule has 6 heteroatoms. The zero-order valence-corrected chi connectivity index (χ0v) is 10.2. The Morgan fingerprint density at radius 1 is 1.47 bits per heavy atom. The predicted molar refractivity (Wildman–Crippen MR) is 62.0 cm³/mol. The summed E-state index contributed by atoms with van der Waals surface area (Å²) < 4.78 is 0. The van der Waals surface area contributed by atoms with Gasteiger partial charge in [-0.05, 0) is 26.2 Å². The Balaban J connectivity index is 2.61. The SMILES string of the molecule is CNC(=O)NC(=O)C(C)N1CCCCC1C#N. The molecule has 3 amide bonds. The summed E-state index contributed by atoms with van der Waals surface area (Å²) in [4.78, 5) is 24.6. The van der Waals surface area contributed by atoms with Crippen LogP contribution in [-0.2, 0) is 4.79 Å². The third-order valence-electron chi connectivity index (χ3n) is 3.03. The number of rotatable bonds is 2. The highest BCUT2D eigenvalue weighted by atomic mass is 16.2. The molecule has 0 spiro atoms. The molecule has 2 unspecified atom stereocenters. The summed E-state index contributed by atoms with van der Waals surface area (Å²) in [5.74, 6) is -0.369. The standard InChI is InChI=1S/C11H18N4O2/c1-8(10(16)14-11(17)13-2)15-6-4-3-5-9(15)7-12/h8-9H,3-6H2,1-2H3,(H2,13,14,16,17). The predicted octanol–water partition coefficient (Wildman–Crippen LogP) is 0.209. The van der Waals surface area contributed by atoms with Crippen molar-refractivity contribution in [3.63, 3.8) is 0 Å². The molecule has 17 heavy (non-hydrogen) atoms. The molecular weight excluding hydrogens is 220 g/mol. The van der Waals surface area contributed by atoms with E-state index in [9.17, 15) is 9.59 Å². The van der Waals surface area contributed by atoms with Gasteiger partial charge in [0.1, 0.15) is 0 Å². The Morgan fingerprint density at radius 2 is 2.18 bits per heavy atom. The number of nitrogens with zero attached hydrogens (tertiary/aromatic N) is 2. The van der Waals surface area contributed by atoms with E-state index in [1.54, 1.807) is 6.92 Å². The van der Waals surface area contributed by atoms with Gasteiger partial charge in [0.15, 0.2) is 0 Å². The van der Waals surface area contributed by atoms with Gasteiger partial charge in [-0.2, -0.15) is 5.26 Å². The molecule has 94 valence electrons. The van der Waals surface area contributed by atoms with E-state index < -0.39 is 12.1 Å². The van der Waals surface area contributed by atoms with Crippen molar-refractivity contribution in [1.29, 1.82) is 5.26 Å². The van der Waals surface area contributed by atoms with Crippen LogP contribution in [0.25, 0.3) is 0 Å². The minimum atomic E-state index is -0.521. The fourth-order valence-electron chi connectivity index (χ4n) is 1.99. The summed E-state index contributed by atoms with van der Waals surface area (Å²) in [7, 11) is 1.45. The highest BCUT2D eigenvalue weighted by molar-refractivity contribution is 5.96. The Kier molecular flexibility index (Phi) is 4.91. The number of carbonyl (C=O) groups is 2. The lowest BCUT2D eigenvalue weighted by Gasteiger charge is -2.35. The minimum Gasteiger partial charge on any atom is -0.341 e. The van der Waals surface area contributed by atoms with Crippen LogP contribution in [-0.4, -0.2) is 42.5 Å². The summed E-state index contributed by atoms with van der Waals surface area (Å²) in [5, 5.41) is 13.6. The summed E-state index contributed by atoms with van der Waals surface area (Å²) in [6.07, 6.45) is 2.78. The van der Waals surface area contributed by atoms with E-state index in [0.29, 0.717) is 0 Å². The Labute approximate surface area is 101 Å². The molecule has 0 saturated carbocycles. The number of likely N-dealkylation sites (tertiary alicyclic amines) is 1. The molecule has 0 aromatic carbocycles. The summed E-state index contributed by atoms with van der Waals surface area (Å²) in [5.41, 5.74) is 0. The number of imide groups is 1. The molecule has 0 aliphatic carbocycles. The molecule has 6 nitrogen and oxygen atoms in total. The third kappa shape index (κ3) is 3.43. The van der Waals surface area contributed by atoms with Gasteiger partial charge in [0, 0.05) is 13.6 Å². The average Bonchev–Trinajstić information content (AvgIpc) is 2.37. The van der Waals surface area contributed by atoms with Crippen LogP contribution in [0.5, 0.6) is 0 Å². The second-order valence-corrected chi connectivity index (χ2v) is 4.12. The lowest BCUT2D eigenvalue weighted by Crippen LogP contribution is -2.53. The van der Waals surface area contributed by atoms with Gasteiger partial charge in [0.05, 0.1) is 18.2 Å². The average molecular weight is 238 g/mol. The molecule has 0 radical (unpaired) electrons. The molecule has 1 rings (SSSR count). The van der Waals surface area contributed by atoms with E-state index in [2.05, 4.69) is 16.7 Å². The molecule has 1 heterocycles. The van der Waals surface area contributed by atoms with Crippen molar-refractivity contribution >= 4 is 11.9 Å². The van der Waals surface area contributed by atoms with Gasteiger partial charge in [-0.15, -0.1) is 0 Å². The zero-order chi connectivity index (χ0) is 12.8. The van der Waals surface area contributed by atoms with Gasteiger partial charge in [-0.1, -0.05) is 0 Å². The molecule has 0 aromatic rings. The van der Waals surface area contributed by atoms with E-state index >= 15 is 0 Å². The maximum Gasteiger partial charge on any atom is 0.321 e. The number of amides is 3. The van der Waals surface area contributed by atoms with Gasteiger partial charge < -0.3 is 5.32 Å². The van der Waals surface area contributed by atoms with Crippen LogP contribution >= 0.6 is 0 Å². The number of piperidine rings is 1. The third-order valence-corrected chi connectivity index (χ3v) is 3.03. The van der Waals surface area contributed by atoms with Crippen LogP contribution < -0.4 is 10.6 Å². The maximum atomic E-state index is 11.8. The summed E-state index contributed by atoms with van der Waals surface area (Å²) in [6.45, 7) is 2.44. The molecule has 1 aliphatic rings. The maximum absolute atomic E-state index is 11.8. The van der Waals surface area contributed by atoms with Crippen LogP contribution in [0.4, 0.5) is 4.79 Å². The van der Waals surface area contributed by atoms with Gasteiger partial charge in [-0.25, -0.2) is 4.79 Å². The monoisotopic (exact) mass is 238 g/mol.